The molecule has 10 atom stereocenters. The smallest absolute Gasteiger partial charge is 0.187 e. The van der Waals surface area contributed by atoms with Crippen molar-refractivity contribution in [3.8, 4) is 0 Å². The molecular weight excluding hydrogens is 304 g/mol. The zero-order chi connectivity index (χ0) is 16.0. The van der Waals surface area contributed by atoms with Crippen molar-refractivity contribution in [3.05, 3.63) is 0 Å². The summed E-state index contributed by atoms with van der Waals surface area (Å²) in [6.45, 7) is -0.507. The Morgan fingerprint density at radius 2 is 1.59 bits per heavy atom. The summed E-state index contributed by atoms with van der Waals surface area (Å²) in [6, 6.07) is 0. The van der Waals surface area contributed by atoms with E-state index in [2.05, 4.69) is 0 Å². The minimum Gasteiger partial charge on any atom is -0.394 e. The van der Waals surface area contributed by atoms with E-state index < -0.39 is 68.0 Å². The van der Waals surface area contributed by atoms with Gasteiger partial charge in [-0.25, -0.2) is 0 Å². The van der Waals surface area contributed by atoms with Gasteiger partial charge in [-0.3, -0.25) is 0 Å². The molecule has 10 heteroatoms. The number of aliphatic hydroxyl groups is 6. The number of aliphatic hydroxyl groups excluding tert-OH is 6. The van der Waals surface area contributed by atoms with Gasteiger partial charge >= 0.3 is 0 Å². The monoisotopic (exact) mass is 324 g/mol. The Hall–Kier alpha value is -0.400. The Morgan fingerprint density at radius 1 is 0.864 bits per heavy atom. The second kappa shape index (κ2) is 6.24. The Balaban J connectivity index is 1.71. The summed E-state index contributed by atoms with van der Waals surface area (Å²) in [7, 11) is 0. The van der Waals surface area contributed by atoms with Crippen LogP contribution in [0.3, 0.4) is 0 Å². The summed E-state index contributed by atoms with van der Waals surface area (Å²) in [5.74, 6) is 0. The Kier molecular flexibility index (Phi) is 4.67. The molecule has 0 amide bonds. The first-order valence-corrected chi connectivity index (χ1v) is 7.03. The van der Waals surface area contributed by atoms with Gasteiger partial charge in [0.15, 0.2) is 12.6 Å². The first-order valence-electron chi connectivity index (χ1n) is 7.03. The van der Waals surface area contributed by atoms with Crippen LogP contribution in [0.25, 0.3) is 0 Å². The third kappa shape index (κ3) is 2.65. The molecule has 0 spiro atoms. The van der Waals surface area contributed by atoms with Crippen LogP contribution in [0.2, 0.25) is 0 Å². The summed E-state index contributed by atoms with van der Waals surface area (Å²) in [5.41, 5.74) is 0. The molecule has 10 nitrogen and oxygen atoms in total. The first-order chi connectivity index (χ1) is 10.4. The lowest BCUT2D eigenvalue weighted by atomic mass is 9.98. The molecule has 6 N–H and O–H groups in total. The van der Waals surface area contributed by atoms with E-state index in [0.717, 1.165) is 0 Å². The molecule has 3 aliphatic heterocycles. The fourth-order valence-corrected chi connectivity index (χ4v) is 2.87. The predicted octanol–water partition coefficient (Wildman–Crippen LogP) is -4.35. The van der Waals surface area contributed by atoms with Crippen molar-refractivity contribution in [2.45, 2.75) is 61.4 Å². The van der Waals surface area contributed by atoms with Crippen molar-refractivity contribution in [1.29, 1.82) is 0 Å². The van der Waals surface area contributed by atoms with Crippen molar-refractivity contribution >= 4 is 0 Å². The van der Waals surface area contributed by atoms with Crippen LogP contribution < -0.4 is 0 Å². The lowest BCUT2D eigenvalue weighted by Gasteiger charge is -2.43. The highest BCUT2D eigenvalue weighted by Gasteiger charge is 2.53. The molecule has 128 valence electrons. The highest BCUT2D eigenvalue weighted by atomic mass is 16.8. The molecule has 3 rings (SSSR count). The summed E-state index contributed by atoms with van der Waals surface area (Å²) in [6.07, 6.45) is -12.5. The maximum Gasteiger partial charge on any atom is 0.187 e. The molecule has 4 unspecified atom stereocenters. The SMILES string of the molecule is OCC1O[C@@H](O[C@@H]2C3CO[C@H](O3)C(O)[C@H]2O)C(O)[C@@H](O)[C@@H]1O. The Bertz CT molecular complexity index is 392. The van der Waals surface area contributed by atoms with Gasteiger partial charge in [0.25, 0.3) is 0 Å². The molecule has 2 bridgehead atoms. The van der Waals surface area contributed by atoms with Crippen LogP contribution in [0.1, 0.15) is 0 Å². The molecule has 0 saturated carbocycles. The zero-order valence-corrected chi connectivity index (χ0v) is 11.5. The van der Waals surface area contributed by atoms with Gasteiger partial charge in [-0.2, -0.15) is 0 Å². The van der Waals surface area contributed by atoms with Crippen molar-refractivity contribution in [3.63, 3.8) is 0 Å². The normalized spacial score (nSPS) is 55.4. The fraction of sp³-hybridized carbons (Fsp3) is 1.00. The van der Waals surface area contributed by atoms with Crippen LogP contribution in [0, 0.1) is 0 Å². The van der Waals surface area contributed by atoms with Gasteiger partial charge in [0.1, 0.15) is 48.8 Å². The largest absolute Gasteiger partial charge is 0.394 e. The number of hydrogen-bond acceptors (Lipinski definition) is 10. The quantitative estimate of drug-likeness (QED) is 0.299. The number of fused-ring (bicyclic) bond motifs is 2. The number of hydrogen-bond donors (Lipinski definition) is 6. The van der Waals surface area contributed by atoms with Gasteiger partial charge < -0.3 is 49.6 Å². The van der Waals surface area contributed by atoms with E-state index in [-0.39, 0.29) is 6.61 Å². The van der Waals surface area contributed by atoms with E-state index in [9.17, 15) is 25.5 Å². The number of rotatable bonds is 3. The van der Waals surface area contributed by atoms with Gasteiger partial charge in [-0.1, -0.05) is 0 Å². The van der Waals surface area contributed by atoms with Crippen LogP contribution in [-0.4, -0.2) is 105 Å². The standard InChI is InChI=1S/C12H20O10/c13-1-3-5(14)6(15)8(17)12(20-3)22-10-4-2-19-11(21-4)9(18)7(10)16/h3-18H,1-2H2/t3?,4?,5-,6+,7-,8?,9?,10-,11-,12+/m1/s1. The molecule has 0 aromatic carbocycles. The molecular formula is C12H20O10. The average Bonchev–Trinajstić information content (AvgIpc) is 2.96. The third-order valence-electron chi connectivity index (χ3n) is 4.21. The summed E-state index contributed by atoms with van der Waals surface area (Å²) < 4.78 is 21.1. The predicted molar refractivity (Wildman–Crippen MR) is 65.3 cm³/mol. The number of ether oxygens (including phenoxy) is 4. The molecule has 0 aliphatic carbocycles. The van der Waals surface area contributed by atoms with Crippen LogP contribution >= 0.6 is 0 Å². The second-order valence-electron chi connectivity index (χ2n) is 5.66. The lowest BCUT2D eigenvalue weighted by molar-refractivity contribution is -0.337. The van der Waals surface area contributed by atoms with Gasteiger partial charge in [0.2, 0.25) is 0 Å². The van der Waals surface area contributed by atoms with E-state index in [0.29, 0.717) is 0 Å². The average molecular weight is 324 g/mol. The maximum atomic E-state index is 10.0. The van der Waals surface area contributed by atoms with Crippen molar-refractivity contribution in [2.24, 2.45) is 0 Å². The van der Waals surface area contributed by atoms with E-state index in [4.69, 9.17) is 24.1 Å². The van der Waals surface area contributed by atoms with Gasteiger partial charge in [-0.15, -0.1) is 0 Å². The molecule has 0 aromatic heterocycles. The second-order valence-corrected chi connectivity index (χ2v) is 5.66. The third-order valence-corrected chi connectivity index (χ3v) is 4.21. The highest BCUT2D eigenvalue weighted by molar-refractivity contribution is 4.96. The van der Waals surface area contributed by atoms with E-state index >= 15 is 0 Å². The summed E-state index contributed by atoms with van der Waals surface area (Å²) in [5, 5.41) is 58.3. The first kappa shape index (κ1) is 16.5. The van der Waals surface area contributed by atoms with Crippen molar-refractivity contribution in [2.75, 3.05) is 13.2 Å². The molecule has 0 aromatic rings. The molecule has 3 saturated heterocycles. The molecule has 3 fully saturated rings. The van der Waals surface area contributed by atoms with Gasteiger partial charge in [-0.05, 0) is 0 Å². The minimum atomic E-state index is -1.60. The van der Waals surface area contributed by atoms with Crippen molar-refractivity contribution < 1.29 is 49.6 Å². The molecule has 22 heavy (non-hydrogen) atoms. The highest BCUT2D eigenvalue weighted by Crippen LogP contribution is 2.32. The van der Waals surface area contributed by atoms with E-state index in [1.165, 1.54) is 0 Å². The van der Waals surface area contributed by atoms with Gasteiger partial charge in [0.05, 0.1) is 13.2 Å². The topological polar surface area (TPSA) is 158 Å². The van der Waals surface area contributed by atoms with E-state index in [1.807, 2.05) is 0 Å². The van der Waals surface area contributed by atoms with Gasteiger partial charge in [0, 0.05) is 0 Å². The van der Waals surface area contributed by atoms with Crippen molar-refractivity contribution in [1.82, 2.24) is 0 Å². The maximum absolute atomic E-state index is 10.0. The molecule has 3 aliphatic rings. The van der Waals surface area contributed by atoms with Crippen LogP contribution in [0.4, 0.5) is 0 Å². The summed E-state index contributed by atoms with van der Waals surface area (Å²) in [4.78, 5) is 0. The van der Waals surface area contributed by atoms with Crippen LogP contribution in [0.15, 0.2) is 0 Å². The lowest BCUT2D eigenvalue weighted by Crippen LogP contribution is -2.62. The van der Waals surface area contributed by atoms with Crippen LogP contribution in [0.5, 0.6) is 0 Å². The van der Waals surface area contributed by atoms with Crippen LogP contribution in [-0.2, 0) is 18.9 Å². The van der Waals surface area contributed by atoms with E-state index in [1.54, 1.807) is 0 Å². The Morgan fingerprint density at radius 3 is 2.27 bits per heavy atom. The minimum absolute atomic E-state index is 0.0842. The zero-order valence-electron chi connectivity index (χ0n) is 11.5. The molecule has 3 heterocycles. The Labute approximate surface area is 125 Å². The fourth-order valence-electron chi connectivity index (χ4n) is 2.87. The molecule has 0 radical (unpaired) electrons. The summed E-state index contributed by atoms with van der Waals surface area (Å²) >= 11 is 0.